The van der Waals surface area contributed by atoms with Crippen molar-refractivity contribution in [1.82, 2.24) is 10.6 Å². The van der Waals surface area contributed by atoms with Gasteiger partial charge in [-0.25, -0.2) is 0 Å². The van der Waals surface area contributed by atoms with Crippen LogP contribution in [-0.2, 0) is 0 Å². The lowest BCUT2D eigenvalue weighted by molar-refractivity contribution is -0.385. The lowest BCUT2D eigenvalue weighted by atomic mass is 10.1. The molecule has 1 fully saturated rings. The third kappa shape index (κ3) is 4.01. The molecule has 1 aromatic carbocycles. The molecule has 2 rings (SSSR count). The molecule has 1 aliphatic heterocycles. The van der Waals surface area contributed by atoms with Crippen molar-refractivity contribution in [3.05, 3.63) is 38.3 Å². The molecule has 0 spiro atoms. The smallest absolute Gasteiger partial charge is 0.271 e. The molecule has 0 aliphatic carbocycles. The van der Waals surface area contributed by atoms with Gasteiger partial charge >= 0.3 is 0 Å². The van der Waals surface area contributed by atoms with E-state index in [1.54, 1.807) is 6.07 Å². The number of nitro benzene ring substituents is 1. The Labute approximate surface area is 125 Å². The summed E-state index contributed by atoms with van der Waals surface area (Å²) in [4.78, 5) is 22.5. The van der Waals surface area contributed by atoms with Gasteiger partial charge in [-0.05, 0) is 38.4 Å². The van der Waals surface area contributed by atoms with Gasteiger partial charge in [0, 0.05) is 28.2 Å². The molecule has 1 amide bonds. The number of non-ortho nitro benzene ring substituents is 1. The van der Waals surface area contributed by atoms with Gasteiger partial charge < -0.3 is 10.6 Å². The molecule has 20 heavy (non-hydrogen) atoms. The van der Waals surface area contributed by atoms with E-state index < -0.39 is 4.92 Å². The summed E-state index contributed by atoms with van der Waals surface area (Å²) in [6.07, 6.45) is 2.82. The number of carbonyl (C=O) groups is 1. The summed E-state index contributed by atoms with van der Waals surface area (Å²) in [7, 11) is 0. The van der Waals surface area contributed by atoms with E-state index in [0.717, 1.165) is 32.4 Å². The number of carbonyl (C=O) groups excluding carboxylic acids is 1. The third-order valence-electron chi connectivity index (χ3n) is 3.27. The predicted octanol–water partition coefficient (Wildman–Crippen LogP) is 2.23. The SMILES string of the molecule is O=C(NC1CCCNCC1)c1cc(Br)cc([N+](=O)[O-])c1. The van der Waals surface area contributed by atoms with Crippen LogP contribution in [0.1, 0.15) is 29.6 Å². The highest BCUT2D eigenvalue weighted by Crippen LogP contribution is 2.21. The van der Waals surface area contributed by atoms with Crippen LogP contribution in [0.3, 0.4) is 0 Å². The van der Waals surface area contributed by atoms with Gasteiger partial charge in [0.25, 0.3) is 11.6 Å². The third-order valence-corrected chi connectivity index (χ3v) is 3.72. The quantitative estimate of drug-likeness (QED) is 0.652. The number of nitro groups is 1. The zero-order chi connectivity index (χ0) is 14.5. The first-order chi connectivity index (χ1) is 9.56. The molecule has 7 heteroatoms. The van der Waals surface area contributed by atoms with Crippen LogP contribution in [0.5, 0.6) is 0 Å². The van der Waals surface area contributed by atoms with E-state index in [9.17, 15) is 14.9 Å². The van der Waals surface area contributed by atoms with Crippen LogP contribution in [0, 0.1) is 10.1 Å². The van der Waals surface area contributed by atoms with E-state index in [1.165, 1.54) is 12.1 Å². The number of hydrogen-bond donors (Lipinski definition) is 2. The first-order valence-corrected chi connectivity index (χ1v) is 7.32. The molecular weight excluding hydrogens is 326 g/mol. The molecule has 1 heterocycles. The monoisotopic (exact) mass is 341 g/mol. The average Bonchev–Trinajstić information content (AvgIpc) is 2.66. The fraction of sp³-hybridized carbons (Fsp3) is 0.462. The molecular formula is C13H16BrN3O3. The summed E-state index contributed by atoms with van der Waals surface area (Å²) in [5.74, 6) is -0.263. The Hall–Kier alpha value is -1.47. The van der Waals surface area contributed by atoms with Gasteiger partial charge in [0.05, 0.1) is 4.92 Å². The summed E-state index contributed by atoms with van der Waals surface area (Å²) in [6, 6.07) is 4.40. The van der Waals surface area contributed by atoms with Crippen molar-refractivity contribution >= 4 is 27.5 Å². The molecule has 0 bridgehead atoms. The molecule has 1 saturated heterocycles. The second kappa shape index (κ2) is 6.81. The van der Waals surface area contributed by atoms with Crippen molar-refractivity contribution < 1.29 is 9.72 Å². The minimum absolute atomic E-state index is 0.0907. The van der Waals surface area contributed by atoms with Crippen LogP contribution in [-0.4, -0.2) is 30.0 Å². The van der Waals surface area contributed by atoms with Crippen LogP contribution < -0.4 is 10.6 Å². The van der Waals surface area contributed by atoms with Crippen molar-refractivity contribution in [1.29, 1.82) is 0 Å². The zero-order valence-corrected chi connectivity index (χ0v) is 12.5. The summed E-state index contributed by atoms with van der Waals surface area (Å²) in [5.41, 5.74) is 0.218. The van der Waals surface area contributed by atoms with Crippen LogP contribution in [0.4, 0.5) is 5.69 Å². The average molecular weight is 342 g/mol. The standard InChI is InChI=1S/C13H16BrN3O3/c14-10-6-9(7-12(8-10)17(19)20)13(18)16-11-2-1-4-15-5-3-11/h6-8,11,15H,1-5H2,(H,16,18). The Morgan fingerprint density at radius 1 is 1.35 bits per heavy atom. The molecule has 0 radical (unpaired) electrons. The summed E-state index contributed by atoms with van der Waals surface area (Å²) in [6.45, 7) is 1.85. The van der Waals surface area contributed by atoms with Crippen molar-refractivity contribution in [2.75, 3.05) is 13.1 Å². The predicted molar refractivity (Wildman–Crippen MR) is 78.8 cm³/mol. The van der Waals surface area contributed by atoms with Gasteiger partial charge in [-0.1, -0.05) is 15.9 Å². The van der Waals surface area contributed by atoms with E-state index in [0.29, 0.717) is 10.0 Å². The Morgan fingerprint density at radius 2 is 2.15 bits per heavy atom. The minimum Gasteiger partial charge on any atom is -0.349 e. The highest BCUT2D eigenvalue weighted by Gasteiger charge is 2.18. The van der Waals surface area contributed by atoms with Gasteiger partial charge in [-0.3, -0.25) is 14.9 Å². The summed E-state index contributed by atoms with van der Waals surface area (Å²) < 4.78 is 0.527. The molecule has 1 aromatic rings. The topological polar surface area (TPSA) is 84.3 Å². The van der Waals surface area contributed by atoms with Crippen molar-refractivity contribution in [2.45, 2.75) is 25.3 Å². The molecule has 6 nitrogen and oxygen atoms in total. The first kappa shape index (κ1) is 14.9. The number of benzene rings is 1. The Bertz CT molecular complexity index is 514. The van der Waals surface area contributed by atoms with E-state index in [2.05, 4.69) is 26.6 Å². The largest absolute Gasteiger partial charge is 0.349 e. The number of halogens is 1. The maximum Gasteiger partial charge on any atom is 0.271 e. The van der Waals surface area contributed by atoms with Crippen molar-refractivity contribution in [2.24, 2.45) is 0 Å². The second-order valence-corrected chi connectivity index (χ2v) is 5.72. The highest BCUT2D eigenvalue weighted by atomic mass is 79.9. The van der Waals surface area contributed by atoms with E-state index in [1.807, 2.05) is 0 Å². The van der Waals surface area contributed by atoms with Crippen LogP contribution >= 0.6 is 15.9 Å². The van der Waals surface area contributed by atoms with Gasteiger partial charge in [0.2, 0.25) is 0 Å². The maximum absolute atomic E-state index is 12.2. The normalized spacial score (nSPS) is 19.1. The highest BCUT2D eigenvalue weighted by molar-refractivity contribution is 9.10. The summed E-state index contributed by atoms with van der Waals surface area (Å²) >= 11 is 3.19. The fourth-order valence-corrected chi connectivity index (χ4v) is 2.72. The van der Waals surface area contributed by atoms with E-state index >= 15 is 0 Å². The number of amides is 1. The molecule has 0 aromatic heterocycles. The van der Waals surface area contributed by atoms with E-state index in [-0.39, 0.29) is 17.6 Å². The zero-order valence-electron chi connectivity index (χ0n) is 10.9. The molecule has 108 valence electrons. The van der Waals surface area contributed by atoms with Gasteiger partial charge in [0.15, 0.2) is 0 Å². The lowest BCUT2D eigenvalue weighted by Crippen LogP contribution is -2.35. The Kier molecular flexibility index (Phi) is 5.08. The fourth-order valence-electron chi connectivity index (χ4n) is 2.24. The number of nitrogens with one attached hydrogen (secondary N) is 2. The van der Waals surface area contributed by atoms with Gasteiger partial charge in [-0.2, -0.15) is 0 Å². The van der Waals surface area contributed by atoms with Crippen molar-refractivity contribution in [3.63, 3.8) is 0 Å². The van der Waals surface area contributed by atoms with E-state index in [4.69, 9.17) is 0 Å². The molecule has 1 atom stereocenters. The maximum atomic E-state index is 12.2. The van der Waals surface area contributed by atoms with Gasteiger partial charge in [0.1, 0.15) is 0 Å². The lowest BCUT2D eigenvalue weighted by Gasteiger charge is -2.16. The number of hydrogen-bond acceptors (Lipinski definition) is 4. The van der Waals surface area contributed by atoms with Gasteiger partial charge in [-0.15, -0.1) is 0 Å². The first-order valence-electron chi connectivity index (χ1n) is 6.53. The number of nitrogens with zero attached hydrogens (tertiary/aromatic N) is 1. The summed E-state index contributed by atoms with van der Waals surface area (Å²) in [5, 5.41) is 17.0. The molecule has 1 unspecified atom stereocenters. The van der Waals surface area contributed by atoms with Crippen molar-refractivity contribution in [3.8, 4) is 0 Å². The molecule has 2 N–H and O–H groups in total. The Balaban J connectivity index is 2.10. The van der Waals surface area contributed by atoms with Crippen LogP contribution in [0.15, 0.2) is 22.7 Å². The second-order valence-electron chi connectivity index (χ2n) is 4.81. The van der Waals surface area contributed by atoms with Crippen LogP contribution in [0.25, 0.3) is 0 Å². The number of rotatable bonds is 3. The molecule has 0 saturated carbocycles. The minimum atomic E-state index is -0.503. The molecule has 1 aliphatic rings. The van der Waals surface area contributed by atoms with Crippen LogP contribution in [0.2, 0.25) is 0 Å². The Morgan fingerprint density at radius 3 is 2.90 bits per heavy atom.